The Morgan fingerprint density at radius 2 is 2.00 bits per heavy atom. The third-order valence-corrected chi connectivity index (χ3v) is 3.07. The van der Waals surface area contributed by atoms with Crippen molar-refractivity contribution in [1.82, 2.24) is 5.32 Å². The second-order valence-corrected chi connectivity index (χ2v) is 4.75. The Morgan fingerprint density at radius 1 is 1.25 bits per heavy atom. The highest BCUT2D eigenvalue weighted by Crippen LogP contribution is 2.15. The van der Waals surface area contributed by atoms with Gasteiger partial charge in [-0.3, -0.25) is 4.79 Å². The van der Waals surface area contributed by atoms with Crippen LogP contribution in [0.25, 0.3) is 0 Å². The van der Waals surface area contributed by atoms with Crippen LogP contribution in [0.3, 0.4) is 0 Å². The highest BCUT2D eigenvalue weighted by molar-refractivity contribution is 5.76. The zero-order valence-electron chi connectivity index (χ0n) is 11.5. The van der Waals surface area contributed by atoms with Gasteiger partial charge in [0.05, 0.1) is 6.54 Å². The van der Waals surface area contributed by atoms with Crippen LogP contribution in [0.5, 0.6) is 0 Å². The smallest absolute Gasteiger partial charge is 0.220 e. The number of aliphatic hydroxyl groups excluding tert-OH is 1. The first-order chi connectivity index (χ1) is 9.65. The topological polar surface area (TPSA) is 62.5 Å². The minimum atomic E-state index is -0.802. The van der Waals surface area contributed by atoms with E-state index in [1.807, 2.05) is 37.3 Å². The Hall–Kier alpha value is -2.07. The number of carbonyl (C=O) groups excluding carboxylic acids is 1. The molecule has 4 nitrogen and oxygen atoms in total. The van der Waals surface area contributed by atoms with Gasteiger partial charge in [0.15, 0.2) is 0 Å². The number of rotatable bonds is 6. The summed E-state index contributed by atoms with van der Waals surface area (Å²) in [5.74, 6) is 1.15. The zero-order valence-corrected chi connectivity index (χ0v) is 11.5. The van der Waals surface area contributed by atoms with E-state index in [2.05, 4.69) is 5.32 Å². The van der Waals surface area contributed by atoms with Crippen LogP contribution < -0.4 is 5.32 Å². The van der Waals surface area contributed by atoms with Crippen LogP contribution in [-0.4, -0.2) is 17.6 Å². The second-order valence-electron chi connectivity index (χ2n) is 4.75. The maximum absolute atomic E-state index is 11.7. The summed E-state index contributed by atoms with van der Waals surface area (Å²) < 4.78 is 5.31. The Balaban J connectivity index is 1.72. The third kappa shape index (κ3) is 4.24. The number of amides is 1. The number of nitrogens with one attached hydrogen (secondary N) is 1. The average Bonchev–Trinajstić information content (AvgIpc) is 2.90. The molecule has 20 heavy (non-hydrogen) atoms. The van der Waals surface area contributed by atoms with Gasteiger partial charge >= 0.3 is 0 Å². The Morgan fingerprint density at radius 3 is 2.65 bits per heavy atom. The van der Waals surface area contributed by atoms with Crippen LogP contribution in [-0.2, 0) is 11.2 Å². The average molecular weight is 273 g/mol. The quantitative estimate of drug-likeness (QED) is 0.849. The molecular weight excluding hydrogens is 254 g/mol. The Labute approximate surface area is 118 Å². The van der Waals surface area contributed by atoms with Gasteiger partial charge in [0.1, 0.15) is 17.6 Å². The summed E-state index contributed by atoms with van der Waals surface area (Å²) in [4.78, 5) is 11.7. The summed E-state index contributed by atoms with van der Waals surface area (Å²) >= 11 is 0. The summed E-state index contributed by atoms with van der Waals surface area (Å²) in [5, 5.41) is 12.6. The van der Waals surface area contributed by atoms with Crippen molar-refractivity contribution in [3.63, 3.8) is 0 Å². The fourth-order valence-electron chi connectivity index (χ4n) is 1.93. The van der Waals surface area contributed by atoms with E-state index in [-0.39, 0.29) is 12.5 Å². The van der Waals surface area contributed by atoms with Crippen LogP contribution in [0.15, 0.2) is 46.9 Å². The first kappa shape index (κ1) is 14.3. The van der Waals surface area contributed by atoms with Gasteiger partial charge < -0.3 is 14.8 Å². The predicted molar refractivity (Wildman–Crippen MR) is 76.2 cm³/mol. The minimum Gasteiger partial charge on any atom is -0.464 e. The lowest BCUT2D eigenvalue weighted by molar-refractivity contribution is -0.121. The summed E-state index contributed by atoms with van der Waals surface area (Å²) in [6, 6.07) is 13.4. The van der Waals surface area contributed by atoms with Crippen LogP contribution in [0.2, 0.25) is 0 Å². The van der Waals surface area contributed by atoms with Crippen molar-refractivity contribution >= 4 is 5.91 Å². The molecule has 4 heteroatoms. The molecular formula is C16H19NO3. The number of hydrogen-bond acceptors (Lipinski definition) is 3. The van der Waals surface area contributed by atoms with Crippen molar-refractivity contribution in [2.45, 2.75) is 25.9 Å². The van der Waals surface area contributed by atoms with Gasteiger partial charge in [0.2, 0.25) is 5.91 Å². The van der Waals surface area contributed by atoms with Crippen molar-refractivity contribution in [1.29, 1.82) is 0 Å². The molecule has 2 aromatic rings. The Kier molecular flexibility index (Phi) is 4.96. The van der Waals surface area contributed by atoms with Crippen molar-refractivity contribution < 1.29 is 14.3 Å². The van der Waals surface area contributed by atoms with Crippen LogP contribution >= 0.6 is 0 Å². The monoisotopic (exact) mass is 273 g/mol. The van der Waals surface area contributed by atoms with Gasteiger partial charge in [-0.05, 0) is 31.0 Å². The fourth-order valence-corrected chi connectivity index (χ4v) is 1.93. The first-order valence-corrected chi connectivity index (χ1v) is 6.70. The minimum absolute atomic E-state index is 0.0730. The van der Waals surface area contributed by atoms with E-state index in [9.17, 15) is 9.90 Å². The molecule has 1 heterocycles. The van der Waals surface area contributed by atoms with E-state index in [4.69, 9.17) is 4.42 Å². The molecule has 0 saturated heterocycles. The highest BCUT2D eigenvalue weighted by atomic mass is 16.4. The normalized spacial score (nSPS) is 12.1. The summed E-state index contributed by atoms with van der Waals surface area (Å²) in [5.41, 5.74) is 1.13. The van der Waals surface area contributed by atoms with Crippen molar-refractivity contribution in [3.8, 4) is 0 Å². The summed E-state index contributed by atoms with van der Waals surface area (Å²) in [6.07, 6.45) is 0.306. The molecule has 1 atom stereocenters. The van der Waals surface area contributed by atoms with E-state index in [1.165, 1.54) is 0 Å². The standard InChI is InChI=1S/C16H19NO3/c1-12-7-9-15(20-12)14(18)11-17-16(19)10-8-13-5-3-2-4-6-13/h2-7,9,14,18H,8,10-11H2,1H3,(H,17,19). The molecule has 0 aliphatic rings. The maximum atomic E-state index is 11.7. The largest absolute Gasteiger partial charge is 0.464 e. The molecule has 1 aromatic carbocycles. The van der Waals surface area contributed by atoms with Gasteiger partial charge in [-0.15, -0.1) is 0 Å². The molecule has 2 N–H and O–H groups in total. The molecule has 2 rings (SSSR count). The zero-order chi connectivity index (χ0) is 14.4. The molecule has 106 valence electrons. The van der Waals surface area contributed by atoms with Crippen LogP contribution in [0.4, 0.5) is 0 Å². The molecule has 0 bridgehead atoms. The van der Waals surface area contributed by atoms with E-state index < -0.39 is 6.10 Å². The SMILES string of the molecule is Cc1ccc(C(O)CNC(=O)CCc2ccccc2)o1. The second kappa shape index (κ2) is 6.91. The van der Waals surface area contributed by atoms with E-state index >= 15 is 0 Å². The highest BCUT2D eigenvalue weighted by Gasteiger charge is 2.12. The van der Waals surface area contributed by atoms with Gasteiger partial charge in [-0.25, -0.2) is 0 Å². The molecule has 0 aliphatic heterocycles. The number of benzene rings is 1. The van der Waals surface area contributed by atoms with Crippen LogP contribution in [0, 0.1) is 6.92 Å². The maximum Gasteiger partial charge on any atom is 0.220 e. The van der Waals surface area contributed by atoms with Crippen LogP contribution in [0.1, 0.15) is 29.6 Å². The van der Waals surface area contributed by atoms with Gasteiger partial charge in [0.25, 0.3) is 0 Å². The van der Waals surface area contributed by atoms with Gasteiger partial charge in [0, 0.05) is 6.42 Å². The van der Waals surface area contributed by atoms with Gasteiger partial charge in [-0.1, -0.05) is 30.3 Å². The summed E-state index contributed by atoms with van der Waals surface area (Å²) in [7, 11) is 0. The lowest BCUT2D eigenvalue weighted by atomic mass is 10.1. The Bertz CT molecular complexity index is 548. The van der Waals surface area contributed by atoms with E-state index in [0.717, 1.165) is 11.3 Å². The molecule has 0 saturated carbocycles. The third-order valence-electron chi connectivity index (χ3n) is 3.07. The molecule has 0 radical (unpaired) electrons. The number of carbonyl (C=O) groups is 1. The summed E-state index contributed by atoms with van der Waals surface area (Å²) in [6.45, 7) is 1.98. The van der Waals surface area contributed by atoms with Crippen molar-refractivity contribution in [2.75, 3.05) is 6.54 Å². The number of hydrogen-bond donors (Lipinski definition) is 2. The molecule has 1 amide bonds. The molecule has 1 aromatic heterocycles. The number of aryl methyl sites for hydroxylation is 2. The number of furan rings is 1. The lowest BCUT2D eigenvalue weighted by Crippen LogP contribution is -2.28. The lowest BCUT2D eigenvalue weighted by Gasteiger charge is -2.09. The molecule has 0 spiro atoms. The molecule has 1 unspecified atom stereocenters. The van der Waals surface area contributed by atoms with E-state index in [0.29, 0.717) is 18.6 Å². The van der Waals surface area contributed by atoms with E-state index in [1.54, 1.807) is 12.1 Å². The van der Waals surface area contributed by atoms with Crippen molar-refractivity contribution in [3.05, 3.63) is 59.5 Å². The predicted octanol–water partition coefficient (Wildman–Crippen LogP) is 2.37. The van der Waals surface area contributed by atoms with Gasteiger partial charge in [-0.2, -0.15) is 0 Å². The molecule has 0 fully saturated rings. The fraction of sp³-hybridized carbons (Fsp3) is 0.312. The number of aliphatic hydroxyl groups is 1. The first-order valence-electron chi connectivity index (χ1n) is 6.70. The van der Waals surface area contributed by atoms with Crippen molar-refractivity contribution in [2.24, 2.45) is 0 Å². The molecule has 0 aliphatic carbocycles.